The lowest BCUT2D eigenvalue weighted by atomic mass is 10.1. The van der Waals surface area contributed by atoms with Crippen LogP contribution in [0.3, 0.4) is 0 Å². The molecule has 0 bridgehead atoms. The maximum atomic E-state index is 4.24. The van der Waals surface area contributed by atoms with E-state index in [-0.39, 0.29) is 0 Å². The van der Waals surface area contributed by atoms with E-state index in [1.807, 2.05) is 6.21 Å². The Kier molecular flexibility index (Phi) is 5.81. The summed E-state index contributed by atoms with van der Waals surface area (Å²) in [5.74, 6) is 0.600. The van der Waals surface area contributed by atoms with Crippen molar-refractivity contribution >= 4 is 6.21 Å². The minimum atomic E-state index is 0.600. The molecule has 1 atom stereocenters. The molecule has 0 N–H and O–H groups in total. The van der Waals surface area contributed by atoms with E-state index < -0.39 is 0 Å². The van der Waals surface area contributed by atoms with Gasteiger partial charge in [-0.05, 0) is 18.8 Å². The summed E-state index contributed by atoms with van der Waals surface area (Å²) < 4.78 is 0. The first kappa shape index (κ1) is 10.4. The highest BCUT2D eigenvalue weighted by molar-refractivity contribution is 5.61. The fraction of sp³-hybridized carbons (Fsp3) is 0.700. The third kappa shape index (κ3) is 5.84. The Morgan fingerprint density at radius 2 is 2.18 bits per heavy atom. The van der Waals surface area contributed by atoms with E-state index in [1.54, 1.807) is 0 Å². The van der Waals surface area contributed by atoms with Gasteiger partial charge in [0.15, 0.2) is 0 Å². The molecule has 0 aliphatic carbocycles. The Balaban J connectivity index is 3.63. The van der Waals surface area contributed by atoms with Gasteiger partial charge in [0.25, 0.3) is 0 Å². The third-order valence-corrected chi connectivity index (χ3v) is 1.66. The zero-order valence-corrected chi connectivity index (χ0v) is 7.93. The normalized spacial score (nSPS) is 13.7. The van der Waals surface area contributed by atoms with Gasteiger partial charge in [0.05, 0.1) is 0 Å². The molecule has 1 heteroatoms. The first-order chi connectivity index (χ1) is 5.20. The minimum Gasteiger partial charge on any atom is -0.266 e. The fourth-order valence-corrected chi connectivity index (χ4v) is 0.854. The van der Waals surface area contributed by atoms with Gasteiger partial charge in [0.2, 0.25) is 0 Å². The van der Waals surface area contributed by atoms with Crippen LogP contribution in [0.5, 0.6) is 0 Å². The molecule has 11 heavy (non-hydrogen) atoms. The Labute approximate surface area is 70.2 Å². The highest BCUT2D eigenvalue weighted by Crippen LogP contribution is 2.04. The van der Waals surface area contributed by atoms with Crippen LogP contribution in [0.15, 0.2) is 17.3 Å². The van der Waals surface area contributed by atoms with Crippen molar-refractivity contribution in [1.82, 2.24) is 0 Å². The Morgan fingerprint density at radius 1 is 1.55 bits per heavy atom. The number of hydrogen-bond donors (Lipinski definition) is 0. The molecule has 1 nitrogen and oxygen atoms in total. The van der Waals surface area contributed by atoms with E-state index in [0.29, 0.717) is 5.92 Å². The predicted octanol–water partition coefficient (Wildman–Crippen LogP) is 3.42. The van der Waals surface area contributed by atoms with Gasteiger partial charge in [-0.1, -0.05) is 33.8 Å². The van der Waals surface area contributed by atoms with Gasteiger partial charge in [-0.25, -0.2) is 0 Å². The Hall–Kier alpha value is -0.590. The average molecular weight is 153 g/mol. The summed E-state index contributed by atoms with van der Waals surface area (Å²) in [5, 5.41) is 0. The maximum Gasteiger partial charge on any atom is 0.0325 e. The molecule has 0 aliphatic heterocycles. The van der Waals surface area contributed by atoms with Crippen molar-refractivity contribution < 1.29 is 0 Å². The van der Waals surface area contributed by atoms with Gasteiger partial charge < -0.3 is 0 Å². The molecule has 0 aliphatic rings. The highest BCUT2D eigenvalue weighted by Gasteiger charge is 1.94. The summed E-state index contributed by atoms with van der Waals surface area (Å²) in [5.41, 5.74) is 0.980. The molecule has 0 saturated carbocycles. The molecular weight excluding hydrogens is 134 g/mol. The van der Waals surface area contributed by atoms with Gasteiger partial charge in [0, 0.05) is 11.9 Å². The van der Waals surface area contributed by atoms with Gasteiger partial charge in [-0.15, -0.1) is 0 Å². The van der Waals surface area contributed by atoms with Gasteiger partial charge in [-0.3, -0.25) is 4.99 Å². The molecule has 64 valence electrons. The first-order valence-corrected chi connectivity index (χ1v) is 4.42. The van der Waals surface area contributed by atoms with Crippen molar-refractivity contribution in [3.63, 3.8) is 0 Å². The molecule has 0 amide bonds. The molecule has 0 fully saturated rings. The van der Waals surface area contributed by atoms with Crippen molar-refractivity contribution in [2.45, 2.75) is 40.0 Å². The van der Waals surface area contributed by atoms with E-state index >= 15 is 0 Å². The number of hydrogen-bond acceptors (Lipinski definition) is 1. The van der Waals surface area contributed by atoms with Crippen LogP contribution >= 0.6 is 0 Å². The molecule has 0 radical (unpaired) electrons. The van der Waals surface area contributed by atoms with E-state index in [2.05, 4.69) is 32.3 Å². The van der Waals surface area contributed by atoms with Gasteiger partial charge >= 0.3 is 0 Å². The van der Waals surface area contributed by atoms with E-state index in [1.165, 1.54) is 12.8 Å². The summed E-state index contributed by atoms with van der Waals surface area (Å²) >= 11 is 0. The number of nitrogens with zero attached hydrogens (tertiary/aromatic N) is 1. The maximum absolute atomic E-state index is 4.24. The smallest absolute Gasteiger partial charge is 0.0325 e. The van der Waals surface area contributed by atoms with E-state index in [9.17, 15) is 0 Å². The molecule has 0 aromatic rings. The zero-order valence-electron chi connectivity index (χ0n) is 7.93. The fourth-order valence-electron chi connectivity index (χ4n) is 0.854. The number of rotatable bonds is 5. The summed E-state index contributed by atoms with van der Waals surface area (Å²) in [4.78, 5) is 4.24. The van der Waals surface area contributed by atoms with Crippen LogP contribution in [-0.2, 0) is 0 Å². The minimum absolute atomic E-state index is 0.600. The standard InChI is InChI=1S/C10H19N/c1-5-7-9(3)8-11-10(4)6-2/h8-9H,4-7H2,1-3H3. The molecule has 0 aromatic heterocycles. The van der Waals surface area contributed by atoms with Crippen molar-refractivity contribution in [2.24, 2.45) is 10.9 Å². The lowest BCUT2D eigenvalue weighted by Crippen LogP contribution is -1.94. The van der Waals surface area contributed by atoms with Crippen LogP contribution in [0.2, 0.25) is 0 Å². The van der Waals surface area contributed by atoms with Crippen LogP contribution < -0.4 is 0 Å². The van der Waals surface area contributed by atoms with Crippen LogP contribution in [0.4, 0.5) is 0 Å². The van der Waals surface area contributed by atoms with Crippen molar-refractivity contribution in [1.29, 1.82) is 0 Å². The van der Waals surface area contributed by atoms with Crippen LogP contribution in [0, 0.1) is 5.92 Å². The van der Waals surface area contributed by atoms with E-state index in [4.69, 9.17) is 0 Å². The second-order valence-corrected chi connectivity index (χ2v) is 2.96. The van der Waals surface area contributed by atoms with Gasteiger partial charge in [-0.2, -0.15) is 0 Å². The topological polar surface area (TPSA) is 12.4 Å². The first-order valence-electron chi connectivity index (χ1n) is 4.42. The molecular formula is C10H19N. The largest absolute Gasteiger partial charge is 0.266 e. The summed E-state index contributed by atoms with van der Waals surface area (Å²) in [6.45, 7) is 10.3. The molecule has 0 spiro atoms. The SMILES string of the molecule is C=C(CC)N=CC(C)CCC. The molecule has 0 rings (SSSR count). The van der Waals surface area contributed by atoms with Crippen molar-refractivity contribution in [3.05, 3.63) is 12.3 Å². The van der Waals surface area contributed by atoms with Crippen LogP contribution in [-0.4, -0.2) is 6.21 Å². The summed E-state index contributed by atoms with van der Waals surface area (Å²) in [7, 11) is 0. The summed E-state index contributed by atoms with van der Waals surface area (Å²) in [6, 6.07) is 0. The molecule has 0 aromatic carbocycles. The molecule has 0 saturated heterocycles. The number of aliphatic imine (C=N–C) groups is 1. The second kappa shape index (κ2) is 6.14. The zero-order chi connectivity index (χ0) is 8.69. The lowest BCUT2D eigenvalue weighted by Gasteiger charge is -2.01. The van der Waals surface area contributed by atoms with Gasteiger partial charge in [0.1, 0.15) is 0 Å². The van der Waals surface area contributed by atoms with Crippen LogP contribution in [0.1, 0.15) is 40.0 Å². The monoisotopic (exact) mass is 153 g/mol. The summed E-state index contributed by atoms with van der Waals surface area (Å²) in [6.07, 6.45) is 5.41. The Morgan fingerprint density at radius 3 is 2.64 bits per heavy atom. The Bertz CT molecular complexity index is 136. The molecule has 0 heterocycles. The van der Waals surface area contributed by atoms with Crippen molar-refractivity contribution in [2.75, 3.05) is 0 Å². The average Bonchev–Trinajstić information content (AvgIpc) is 2.01. The van der Waals surface area contributed by atoms with E-state index in [0.717, 1.165) is 12.1 Å². The molecule has 1 unspecified atom stereocenters. The highest BCUT2D eigenvalue weighted by atomic mass is 14.7. The van der Waals surface area contributed by atoms with Crippen LogP contribution in [0.25, 0.3) is 0 Å². The third-order valence-electron chi connectivity index (χ3n) is 1.66. The lowest BCUT2D eigenvalue weighted by molar-refractivity contribution is 0.676. The predicted molar refractivity (Wildman–Crippen MR) is 52.0 cm³/mol. The quantitative estimate of drug-likeness (QED) is 0.537. The number of allylic oxidation sites excluding steroid dienone is 1. The second-order valence-electron chi connectivity index (χ2n) is 2.96. The van der Waals surface area contributed by atoms with Crippen molar-refractivity contribution in [3.8, 4) is 0 Å².